The van der Waals surface area contributed by atoms with Gasteiger partial charge in [-0.3, -0.25) is 9.59 Å². The molecular weight excluding hydrogens is 306 g/mol. The number of aryl methyl sites for hydroxylation is 2. The van der Waals surface area contributed by atoms with Crippen LogP contribution in [0.3, 0.4) is 0 Å². The fourth-order valence-corrected chi connectivity index (χ4v) is 3.38. The lowest BCUT2D eigenvalue weighted by atomic mass is 10.1. The van der Waals surface area contributed by atoms with Crippen molar-refractivity contribution >= 4 is 16.7 Å². The summed E-state index contributed by atoms with van der Waals surface area (Å²) in [5.41, 5.74) is 2.39. The number of carboxylic acid groups (broad SMARTS) is 1. The monoisotopic (exact) mass is 323 g/mol. The van der Waals surface area contributed by atoms with Crippen LogP contribution in [0.15, 0.2) is 41.5 Å². The predicted octanol–water partition coefficient (Wildman–Crippen LogP) is 2.15. The Labute approximate surface area is 138 Å². The highest BCUT2D eigenvalue weighted by molar-refractivity contribution is 5.84. The molecule has 0 atom stereocenters. The first-order valence-electron chi connectivity index (χ1n) is 8.04. The molecule has 0 saturated carbocycles. The number of hydrogen-bond donors (Lipinski definition) is 1. The molecule has 0 bridgehead atoms. The molecule has 0 unspecified atom stereocenters. The van der Waals surface area contributed by atoms with Gasteiger partial charge in [-0.05, 0) is 37.0 Å². The lowest BCUT2D eigenvalue weighted by Crippen LogP contribution is -2.20. The van der Waals surface area contributed by atoms with E-state index in [1.54, 1.807) is 30.5 Å². The summed E-state index contributed by atoms with van der Waals surface area (Å²) >= 11 is 0. The van der Waals surface area contributed by atoms with E-state index in [1.807, 2.05) is 6.20 Å². The van der Waals surface area contributed by atoms with Gasteiger partial charge in [-0.2, -0.15) is 9.78 Å². The number of carboxylic acids is 1. The number of hydrogen-bond acceptors (Lipinski definition) is 3. The summed E-state index contributed by atoms with van der Waals surface area (Å²) in [7, 11) is 0. The smallest absolute Gasteiger partial charge is 0.307 e. The minimum atomic E-state index is -0.876. The molecule has 0 aliphatic carbocycles. The van der Waals surface area contributed by atoms with Gasteiger partial charge in [0.25, 0.3) is 5.56 Å². The third-order valence-electron chi connectivity index (χ3n) is 4.56. The van der Waals surface area contributed by atoms with Crippen LogP contribution in [0.1, 0.15) is 24.1 Å². The van der Waals surface area contributed by atoms with E-state index in [9.17, 15) is 9.59 Å². The van der Waals surface area contributed by atoms with Gasteiger partial charge in [0.2, 0.25) is 0 Å². The molecular formula is C18H17N3O3. The van der Waals surface area contributed by atoms with E-state index in [0.29, 0.717) is 16.6 Å². The van der Waals surface area contributed by atoms with Crippen molar-refractivity contribution < 1.29 is 9.90 Å². The van der Waals surface area contributed by atoms with Gasteiger partial charge in [-0.25, -0.2) is 0 Å². The Morgan fingerprint density at radius 3 is 2.71 bits per heavy atom. The summed E-state index contributed by atoms with van der Waals surface area (Å²) in [6.07, 6.45) is 6.93. The third-order valence-corrected chi connectivity index (χ3v) is 4.56. The first kappa shape index (κ1) is 14.7. The van der Waals surface area contributed by atoms with Gasteiger partial charge < -0.3 is 9.67 Å². The average Bonchev–Trinajstić information content (AvgIpc) is 2.95. The van der Waals surface area contributed by atoms with Gasteiger partial charge in [-0.1, -0.05) is 12.1 Å². The molecule has 3 aromatic rings. The van der Waals surface area contributed by atoms with E-state index in [-0.39, 0.29) is 12.0 Å². The number of aromatic nitrogens is 3. The quantitative estimate of drug-likeness (QED) is 0.801. The van der Waals surface area contributed by atoms with Crippen LogP contribution in [0.5, 0.6) is 0 Å². The number of aliphatic carboxylic acids is 1. The van der Waals surface area contributed by atoms with Gasteiger partial charge in [0.1, 0.15) is 0 Å². The number of fused-ring (bicyclic) bond motifs is 3. The van der Waals surface area contributed by atoms with Crippen LogP contribution < -0.4 is 5.56 Å². The molecule has 0 fully saturated rings. The lowest BCUT2D eigenvalue weighted by molar-refractivity contribution is -0.136. The Kier molecular flexibility index (Phi) is 3.45. The molecule has 0 amide bonds. The van der Waals surface area contributed by atoms with Crippen molar-refractivity contribution in [3.8, 4) is 5.69 Å². The highest BCUT2D eigenvalue weighted by Gasteiger charge is 2.17. The average molecular weight is 323 g/mol. The van der Waals surface area contributed by atoms with E-state index in [2.05, 4.69) is 9.67 Å². The molecule has 0 spiro atoms. The summed E-state index contributed by atoms with van der Waals surface area (Å²) in [5.74, 6) is -0.876. The van der Waals surface area contributed by atoms with Crippen molar-refractivity contribution in [2.75, 3.05) is 0 Å². The van der Waals surface area contributed by atoms with Crippen LogP contribution in [-0.2, 0) is 24.2 Å². The molecule has 6 heteroatoms. The van der Waals surface area contributed by atoms with Gasteiger partial charge in [0.05, 0.1) is 23.7 Å². The molecule has 6 nitrogen and oxygen atoms in total. The van der Waals surface area contributed by atoms with Crippen molar-refractivity contribution in [1.82, 2.24) is 14.3 Å². The topological polar surface area (TPSA) is 77.1 Å². The summed E-state index contributed by atoms with van der Waals surface area (Å²) in [6, 6.07) is 6.89. The molecule has 1 aliphatic heterocycles. The maximum absolute atomic E-state index is 12.8. The van der Waals surface area contributed by atoms with Crippen LogP contribution in [-0.4, -0.2) is 25.4 Å². The first-order chi connectivity index (χ1) is 11.6. The summed E-state index contributed by atoms with van der Waals surface area (Å²) < 4.78 is 3.54. The van der Waals surface area contributed by atoms with E-state index in [1.165, 1.54) is 10.4 Å². The van der Waals surface area contributed by atoms with Gasteiger partial charge in [0, 0.05) is 23.8 Å². The summed E-state index contributed by atoms with van der Waals surface area (Å²) in [4.78, 5) is 23.6. The van der Waals surface area contributed by atoms with E-state index >= 15 is 0 Å². The molecule has 2 aromatic heterocycles. The maximum Gasteiger partial charge on any atom is 0.307 e. The van der Waals surface area contributed by atoms with Crippen LogP contribution in [0, 0.1) is 0 Å². The standard InChI is InChI=1S/C18H17N3O3/c22-17(23)9-12-4-6-13(7-5-12)21-18(24)15-11-20-8-2-1-3-16(20)14(15)10-19-21/h4-7,10-11H,1-3,8-9H2,(H,22,23). The van der Waals surface area contributed by atoms with Crippen molar-refractivity contribution in [1.29, 1.82) is 0 Å². The molecule has 1 aromatic carbocycles. The SMILES string of the molecule is O=C(O)Cc1ccc(-n2ncc3c4n(cc3c2=O)CCCC4)cc1. The second-order valence-electron chi connectivity index (χ2n) is 6.15. The van der Waals surface area contributed by atoms with Crippen molar-refractivity contribution in [3.63, 3.8) is 0 Å². The second-order valence-corrected chi connectivity index (χ2v) is 6.15. The van der Waals surface area contributed by atoms with E-state index < -0.39 is 5.97 Å². The Hall–Kier alpha value is -2.89. The molecule has 0 radical (unpaired) electrons. The third kappa shape index (κ3) is 2.40. The Bertz CT molecular complexity index is 983. The molecule has 1 aliphatic rings. The zero-order valence-corrected chi connectivity index (χ0v) is 13.1. The van der Waals surface area contributed by atoms with Crippen LogP contribution >= 0.6 is 0 Å². The summed E-state index contributed by atoms with van der Waals surface area (Å²) in [5, 5.41) is 14.8. The number of benzene rings is 1. The predicted molar refractivity (Wildman–Crippen MR) is 89.6 cm³/mol. The zero-order valence-electron chi connectivity index (χ0n) is 13.1. The van der Waals surface area contributed by atoms with Crippen molar-refractivity contribution in [3.05, 3.63) is 58.3 Å². The molecule has 4 rings (SSSR count). The fourth-order valence-electron chi connectivity index (χ4n) is 3.38. The Morgan fingerprint density at radius 1 is 1.17 bits per heavy atom. The minimum Gasteiger partial charge on any atom is -0.481 e. The summed E-state index contributed by atoms with van der Waals surface area (Å²) in [6.45, 7) is 0.952. The zero-order chi connectivity index (χ0) is 16.7. The fraction of sp³-hybridized carbons (Fsp3) is 0.278. The molecule has 24 heavy (non-hydrogen) atoms. The molecule has 0 saturated heterocycles. The highest BCUT2D eigenvalue weighted by Crippen LogP contribution is 2.24. The molecule has 1 N–H and O–H groups in total. The van der Waals surface area contributed by atoms with E-state index in [4.69, 9.17) is 5.11 Å². The van der Waals surface area contributed by atoms with E-state index in [0.717, 1.165) is 31.2 Å². The Balaban J connectivity index is 1.78. The normalized spacial score (nSPS) is 13.8. The number of carbonyl (C=O) groups is 1. The van der Waals surface area contributed by atoms with Gasteiger partial charge >= 0.3 is 5.97 Å². The maximum atomic E-state index is 12.8. The van der Waals surface area contributed by atoms with Crippen molar-refractivity contribution in [2.24, 2.45) is 0 Å². The number of nitrogens with zero attached hydrogens (tertiary/aromatic N) is 3. The lowest BCUT2D eigenvalue weighted by Gasteiger charge is -2.14. The first-order valence-corrected chi connectivity index (χ1v) is 8.04. The van der Waals surface area contributed by atoms with Gasteiger partial charge in [-0.15, -0.1) is 0 Å². The largest absolute Gasteiger partial charge is 0.481 e. The van der Waals surface area contributed by atoms with Crippen LogP contribution in [0.25, 0.3) is 16.5 Å². The number of rotatable bonds is 3. The van der Waals surface area contributed by atoms with Crippen LogP contribution in [0.2, 0.25) is 0 Å². The van der Waals surface area contributed by atoms with Gasteiger partial charge in [0.15, 0.2) is 0 Å². The second kappa shape index (κ2) is 5.63. The molecule has 122 valence electrons. The Morgan fingerprint density at radius 2 is 1.96 bits per heavy atom. The minimum absolute atomic E-state index is 0.0339. The van der Waals surface area contributed by atoms with Crippen LogP contribution in [0.4, 0.5) is 0 Å². The van der Waals surface area contributed by atoms with Crippen molar-refractivity contribution in [2.45, 2.75) is 32.2 Å². The highest BCUT2D eigenvalue weighted by atomic mass is 16.4. The molecule has 3 heterocycles.